The molecule has 0 radical (unpaired) electrons. The first kappa shape index (κ1) is 15.0. The number of hydrogen-bond donors (Lipinski definition) is 1. The van der Waals surface area contributed by atoms with Crippen molar-refractivity contribution < 1.29 is 4.79 Å². The Bertz CT molecular complexity index is 1010. The van der Waals surface area contributed by atoms with Gasteiger partial charge in [-0.25, -0.2) is 4.98 Å². The number of pyridine rings is 1. The molecule has 0 unspecified atom stereocenters. The lowest BCUT2D eigenvalue weighted by molar-refractivity contribution is -0.115. The van der Waals surface area contributed by atoms with E-state index in [4.69, 9.17) is 0 Å². The minimum atomic E-state index is -0.140. The molecule has 24 heavy (non-hydrogen) atoms. The van der Waals surface area contributed by atoms with Crippen LogP contribution in [0, 0.1) is 6.92 Å². The average molecular weight is 352 g/mol. The third kappa shape index (κ3) is 3.08. The van der Waals surface area contributed by atoms with Gasteiger partial charge in [0.1, 0.15) is 0 Å². The van der Waals surface area contributed by atoms with Gasteiger partial charge in [-0.05, 0) is 48.5 Å². The van der Waals surface area contributed by atoms with Crippen LogP contribution in [0.3, 0.4) is 0 Å². The van der Waals surface area contributed by atoms with Gasteiger partial charge < -0.3 is 5.32 Å². The Labute approximate surface area is 146 Å². The minimum absolute atomic E-state index is 0.140. The summed E-state index contributed by atoms with van der Waals surface area (Å²) < 4.78 is 0. The third-order valence-corrected chi connectivity index (χ3v) is 5.14. The van der Waals surface area contributed by atoms with E-state index >= 15 is 0 Å². The number of carbonyl (C=O) groups excluding carboxylic acids is 1. The van der Waals surface area contributed by atoms with Gasteiger partial charge >= 0.3 is 0 Å². The molecule has 0 spiro atoms. The Morgan fingerprint density at radius 2 is 2.21 bits per heavy atom. The van der Waals surface area contributed by atoms with Gasteiger partial charge in [-0.3, -0.25) is 9.78 Å². The number of fused-ring (bicyclic) bond motifs is 1. The van der Waals surface area contributed by atoms with Crippen LogP contribution in [0.1, 0.15) is 11.3 Å². The van der Waals surface area contributed by atoms with Gasteiger partial charge in [-0.15, -0.1) is 11.3 Å². The lowest BCUT2D eigenvalue weighted by atomic mass is 10.1. The van der Waals surface area contributed by atoms with Crippen molar-refractivity contribution in [3.8, 4) is 0 Å². The van der Waals surface area contributed by atoms with Crippen LogP contribution in [0.2, 0.25) is 0 Å². The first-order chi connectivity index (χ1) is 11.7. The largest absolute Gasteiger partial charge is 0.300 e. The van der Waals surface area contributed by atoms with Gasteiger partial charge in [0.25, 0.3) is 5.91 Å². The fraction of sp³-hybridized carbons (Fsp3) is 0.0588. The summed E-state index contributed by atoms with van der Waals surface area (Å²) >= 11 is 2.78. The number of amidine groups is 1. The Morgan fingerprint density at radius 3 is 3.04 bits per heavy atom. The summed E-state index contributed by atoms with van der Waals surface area (Å²) in [6, 6.07) is 9.82. The highest BCUT2D eigenvalue weighted by Gasteiger charge is 2.24. The zero-order valence-electron chi connectivity index (χ0n) is 12.7. The van der Waals surface area contributed by atoms with Crippen LogP contribution >= 0.6 is 23.1 Å². The number of benzene rings is 1. The molecule has 2 aromatic heterocycles. The lowest BCUT2D eigenvalue weighted by Gasteiger charge is -1.99. The molecule has 1 aliphatic rings. The van der Waals surface area contributed by atoms with E-state index < -0.39 is 0 Å². The van der Waals surface area contributed by atoms with Crippen LogP contribution < -0.4 is 5.32 Å². The van der Waals surface area contributed by atoms with Crippen LogP contribution in [0.5, 0.6) is 0 Å². The summed E-state index contributed by atoms with van der Waals surface area (Å²) in [6.45, 7) is 1.92. The minimum Gasteiger partial charge on any atom is -0.300 e. The van der Waals surface area contributed by atoms with Gasteiger partial charge in [0, 0.05) is 17.0 Å². The summed E-state index contributed by atoms with van der Waals surface area (Å²) in [5.41, 5.74) is 2.82. The fourth-order valence-corrected chi connectivity index (χ4v) is 3.85. The monoisotopic (exact) mass is 352 g/mol. The second-order valence-corrected chi connectivity index (χ2v) is 7.08. The van der Waals surface area contributed by atoms with E-state index in [9.17, 15) is 4.79 Å². The predicted octanol–water partition coefficient (Wildman–Crippen LogP) is 3.89. The summed E-state index contributed by atoms with van der Waals surface area (Å²) in [4.78, 5) is 25.7. The summed E-state index contributed by atoms with van der Waals surface area (Å²) in [5, 5.41) is 6.96. The van der Waals surface area contributed by atoms with Crippen molar-refractivity contribution in [2.75, 3.05) is 0 Å². The SMILES string of the molecule is Cc1csc(N=C2NC(=O)/C(=C/c3ccc4ncccc4c3)S2)n1. The van der Waals surface area contributed by atoms with Crippen molar-refractivity contribution in [1.29, 1.82) is 0 Å². The smallest absolute Gasteiger partial charge is 0.264 e. The van der Waals surface area contributed by atoms with Gasteiger partial charge in [0.05, 0.1) is 16.1 Å². The molecule has 0 saturated carbocycles. The molecule has 3 heterocycles. The molecular formula is C17H12N4OS2. The number of aliphatic imine (C=N–C) groups is 1. The molecule has 1 saturated heterocycles. The highest BCUT2D eigenvalue weighted by atomic mass is 32.2. The van der Waals surface area contributed by atoms with E-state index in [-0.39, 0.29) is 5.91 Å². The van der Waals surface area contributed by atoms with Crippen LogP contribution in [0.15, 0.2) is 51.8 Å². The molecule has 4 rings (SSSR count). The lowest BCUT2D eigenvalue weighted by Crippen LogP contribution is -2.19. The molecule has 118 valence electrons. The van der Waals surface area contributed by atoms with Crippen LogP contribution in [0.4, 0.5) is 5.13 Å². The molecule has 1 fully saturated rings. The average Bonchev–Trinajstić information content (AvgIpc) is 3.13. The van der Waals surface area contributed by atoms with Crippen LogP contribution in [-0.4, -0.2) is 21.0 Å². The van der Waals surface area contributed by atoms with Crippen LogP contribution in [-0.2, 0) is 4.79 Å². The number of thioether (sulfide) groups is 1. The summed E-state index contributed by atoms with van der Waals surface area (Å²) in [6.07, 6.45) is 3.63. The van der Waals surface area contributed by atoms with Crippen molar-refractivity contribution >= 4 is 56.3 Å². The van der Waals surface area contributed by atoms with E-state index in [2.05, 4.69) is 20.3 Å². The summed E-state index contributed by atoms with van der Waals surface area (Å²) in [5.74, 6) is -0.140. The van der Waals surface area contributed by atoms with E-state index in [0.29, 0.717) is 15.2 Å². The number of aromatic nitrogens is 2. The van der Waals surface area contributed by atoms with Crippen molar-refractivity contribution in [2.24, 2.45) is 4.99 Å². The molecule has 1 N–H and O–H groups in total. The molecular weight excluding hydrogens is 340 g/mol. The van der Waals surface area contributed by atoms with Gasteiger partial charge in [0.15, 0.2) is 5.17 Å². The number of nitrogens with zero attached hydrogens (tertiary/aromatic N) is 3. The van der Waals surface area contributed by atoms with E-state index in [1.807, 2.05) is 48.7 Å². The summed E-state index contributed by atoms with van der Waals surface area (Å²) in [7, 11) is 0. The first-order valence-electron chi connectivity index (χ1n) is 7.24. The second kappa shape index (κ2) is 6.18. The molecule has 1 aliphatic heterocycles. The number of aryl methyl sites for hydroxylation is 1. The Morgan fingerprint density at radius 1 is 1.29 bits per heavy atom. The number of carbonyl (C=O) groups is 1. The number of hydrogen-bond acceptors (Lipinski definition) is 6. The number of nitrogens with one attached hydrogen (secondary N) is 1. The third-order valence-electron chi connectivity index (χ3n) is 3.38. The van der Waals surface area contributed by atoms with E-state index in [1.54, 1.807) is 6.20 Å². The topological polar surface area (TPSA) is 67.2 Å². The molecule has 3 aromatic rings. The molecule has 0 bridgehead atoms. The predicted molar refractivity (Wildman–Crippen MR) is 99.4 cm³/mol. The van der Waals surface area contributed by atoms with Gasteiger partial charge in [0.2, 0.25) is 5.13 Å². The Hall–Kier alpha value is -2.51. The molecule has 1 aromatic carbocycles. The molecule has 1 amide bonds. The quantitative estimate of drug-likeness (QED) is 0.711. The first-order valence-corrected chi connectivity index (χ1v) is 8.93. The number of amides is 1. The van der Waals surface area contributed by atoms with Crippen molar-refractivity contribution in [3.63, 3.8) is 0 Å². The van der Waals surface area contributed by atoms with Crippen molar-refractivity contribution in [1.82, 2.24) is 15.3 Å². The maximum Gasteiger partial charge on any atom is 0.264 e. The highest BCUT2D eigenvalue weighted by molar-refractivity contribution is 8.18. The zero-order valence-corrected chi connectivity index (χ0v) is 14.3. The second-order valence-electron chi connectivity index (χ2n) is 5.21. The molecule has 0 aliphatic carbocycles. The normalized spacial score (nSPS) is 17.8. The van der Waals surface area contributed by atoms with E-state index in [1.165, 1.54) is 23.1 Å². The van der Waals surface area contributed by atoms with E-state index in [0.717, 1.165) is 22.2 Å². The maximum absolute atomic E-state index is 12.1. The van der Waals surface area contributed by atoms with Crippen LogP contribution in [0.25, 0.3) is 17.0 Å². The Balaban J connectivity index is 1.62. The molecule has 0 atom stereocenters. The van der Waals surface area contributed by atoms with Crippen molar-refractivity contribution in [3.05, 3.63) is 58.1 Å². The number of rotatable bonds is 2. The Kier molecular flexibility index (Phi) is 3.87. The van der Waals surface area contributed by atoms with Gasteiger partial charge in [-0.1, -0.05) is 12.1 Å². The standard InChI is InChI=1S/C17H12N4OS2/c1-10-9-23-16(19-10)21-17-20-15(22)14(24-17)8-11-4-5-13-12(7-11)3-2-6-18-13/h2-9H,1H3,(H,19,20,21,22)/b14-8-. The fourth-order valence-electron chi connectivity index (χ4n) is 2.30. The van der Waals surface area contributed by atoms with Gasteiger partial charge in [-0.2, -0.15) is 4.99 Å². The highest BCUT2D eigenvalue weighted by Crippen LogP contribution is 2.29. The van der Waals surface area contributed by atoms with Crippen molar-refractivity contribution in [2.45, 2.75) is 6.92 Å². The number of thiazole rings is 1. The molecule has 5 nitrogen and oxygen atoms in total. The zero-order chi connectivity index (χ0) is 16.5. The maximum atomic E-state index is 12.1. The molecule has 7 heteroatoms.